The Kier molecular flexibility index (Phi) is 4.10. The molecule has 0 fully saturated rings. The van der Waals surface area contributed by atoms with Gasteiger partial charge in [0.1, 0.15) is 0 Å². The first-order valence-electron chi connectivity index (χ1n) is 1.39. The molecule has 0 aliphatic rings. The molecule has 0 spiro atoms. The Balaban J connectivity index is 2.97. The first-order valence-corrected chi connectivity index (χ1v) is 5.39. The van der Waals surface area contributed by atoms with Crippen LogP contribution >= 0.6 is 21.2 Å². The molecule has 0 aromatic rings. The third kappa shape index (κ3) is 5.14. The SMILES string of the molecule is B#[S-](I)CC. The van der Waals surface area contributed by atoms with Gasteiger partial charge in [0, 0.05) is 0 Å². The van der Waals surface area contributed by atoms with E-state index in [0.29, 0.717) is 0 Å². The van der Waals surface area contributed by atoms with Gasteiger partial charge in [-0.3, -0.25) is 0 Å². The maximum absolute atomic E-state index is 5.31. The third-order valence-corrected chi connectivity index (χ3v) is 2.70. The van der Waals surface area contributed by atoms with E-state index in [1.165, 1.54) is 0 Å². The second kappa shape index (κ2) is 3.34. The van der Waals surface area contributed by atoms with Crippen LogP contribution in [0.4, 0.5) is 0 Å². The van der Waals surface area contributed by atoms with E-state index in [9.17, 15) is 0 Å². The molecule has 0 aromatic heterocycles. The van der Waals surface area contributed by atoms with E-state index < -0.39 is 0 Å². The van der Waals surface area contributed by atoms with E-state index in [2.05, 4.69) is 28.1 Å². The van der Waals surface area contributed by atoms with Gasteiger partial charge in [-0.15, -0.1) is 0 Å². The Labute approximate surface area is 47.7 Å². The molecule has 0 aliphatic carbocycles. The fourth-order valence-corrected chi connectivity index (χ4v) is 0. The molecule has 0 radical (unpaired) electrons. The molecule has 5 heavy (non-hydrogen) atoms. The van der Waals surface area contributed by atoms with E-state index >= 15 is 0 Å². The summed E-state index contributed by atoms with van der Waals surface area (Å²) in [7, 11) is 0.147. The van der Waals surface area contributed by atoms with Crippen LogP contribution in [0.25, 0.3) is 0 Å². The monoisotopic (exact) mass is 199 g/mol. The van der Waals surface area contributed by atoms with Gasteiger partial charge < -0.3 is 0 Å². The molecular weight excluding hydrogens is 194 g/mol. The van der Waals surface area contributed by atoms with E-state index in [0.717, 1.165) is 5.75 Å². The molecule has 0 heterocycles. The predicted molar refractivity (Wildman–Crippen MR) is 37.7 cm³/mol. The van der Waals surface area contributed by atoms with Crippen LogP contribution < -0.4 is 0 Å². The molecule has 0 rings (SSSR count). The molecule has 0 aromatic carbocycles. The van der Waals surface area contributed by atoms with Crippen molar-refractivity contribution in [1.29, 1.82) is 0 Å². The summed E-state index contributed by atoms with van der Waals surface area (Å²) in [6.45, 7) is 7.39. The molecular formula is C2H5BIS-. The zero-order valence-corrected chi connectivity index (χ0v) is 6.04. The second-order valence-corrected chi connectivity index (χ2v) is 5.35. The number of rotatable bonds is 0. The average Bonchev–Trinajstić information content (AvgIpc) is 1.38. The average molecular weight is 199 g/mol. The number of hydrogen-bond acceptors (Lipinski definition) is 1. The van der Waals surface area contributed by atoms with Crippen molar-refractivity contribution in [2.45, 2.75) is 6.92 Å². The third-order valence-electron chi connectivity index (χ3n) is 0.276. The zero-order valence-electron chi connectivity index (χ0n) is 3.07. The molecule has 30 valence electrons. The van der Waals surface area contributed by atoms with Crippen molar-refractivity contribution < 1.29 is 0 Å². The van der Waals surface area contributed by atoms with E-state index in [4.69, 9.17) is 6.53 Å². The predicted octanol–water partition coefficient (Wildman–Crippen LogP) is 1.06. The van der Waals surface area contributed by atoms with E-state index in [1.54, 1.807) is 0 Å². The summed E-state index contributed by atoms with van der Waals surface area (Å²) in [5, 5.41) is 0. The normalized spacial score (nSPS) is 9.80. The van der Waals surface area contributed by atoms with Gasteiger partial charge in [-0.05, 0) is 0 Å². The summed E-state index contributed by atoms with van der Waals surface area (Å²) < 4.78 is 0. The first-order chi connectivity index (χ1) is 2.27. The molecule has 0 amide bonds. The Morgan fingerprint density at radius 3 is 2.20 bits per heavy atom. The molecule has 3 heteroatoms. The summed E-state index contributed by atoms with van der Waals surface area (Å²) >= 11 is 2.21. The van der Waals surface area contributed by atoms with Gasteiger partial charge in [0.25, 0.3) is 0 Å². The van der Waals surface area contributed by atoms with Crippen LogP contribution in [0.5, 0.6) is 0 Å². The van der Waals surface area contributed by atoms with Gasteiger partial charge in [0.05, 0.1) is 0 Å². The van der Waals surface area contributed by atoms with Crippen molar-refractivity contribution in [2.75, 3.05) is 5.75 Å². The Bertz CT molecular complexity index is 71.5. The topological polar surface area (TPSA) is 0 Å². The van der Waals surface area contributed by atoms with Crippen molar-refractivity contribution in [2.24, 2.45) is 0 Å². The van der Waals surface area contributed by atoms with Crippen LogP contribution in [0.1, 0.15) is 6.92 Å². The van der Waals surface area contributed by atoms with E-state index in [-0.39, 0.29) is 7.30 Å². The summed E-state index contributed by atoms with van der Waals surface area (Å²) in [6, 6.07) is 0. The molecule has 0 nitrogen and oxygen atoms in total. The molecule has 0 aliphatic heterocycles. The van der Waals surface area contributed by atoms with Gasteiger partial charge >= 0.3 is 47.7 Å². The minimum atomic E-state index is 0.147. The second-order valence-electron chi connectivity index (χ2n) is 0.654. The number of halogens is 1. The van der Waals surface area contributed by atoms with Crippen LogP contribution in [0, 0.1) is 0 Å². The molecule has 0 unspecified atom stereocenters. The van der Waals surface area contributed by atoms with Crippen molar-refractivity contribution in [1.82, 2.24) is 0 Å². The quantitative estimate of drug-likeness (QED) is 0.310. The number of hydrogen-bond donors (Lipinski definition) is 0. The molecule has 0 N–H and O–H groups in total. The first kappa shape index (κ1) is 6.14. The van der Waals surface area contributed by atoms with Crippen LogP contribution in [0.2, 0.25) is 0 Å². The van der Waals surface area contributed by atoms with Gasteiger partial charge in [0.2, 0.25) is 0 Å². The van der Waals surface area contributed by atoms with Gasteiger partial charge in [-0.1, -0.05) is 0 Å². The van der Waals surface area contributed by atoms with Crippen LogP contribution in [-0.2, 0) is 7.30 Å². The summed E-state index contributed by atoms with van der Waals surface area (Å²) in [5.74, 6) is 1.10. The van der Waals surface area contributed by atoms with Gasteiger partial charge in [0.15, 0.2) is 0 Å². The van der Waals surface area contributed by atoms with Crippen LogP contribution in [-0.4, -0.2) is 12.3 Å². The Morgan fingerprint density at radius 2 is 2.20 bits per heavy atom. The van der Waals surface area contributed by atoms with E-state index in [1.807, 2.05) is 0 Å². The summed E-state index contributed by atoms with van der Waals surface area (Å²) in [4.78, 5) is 0. The minimum absolute atomic E-state index is 0.147. The zero-order chi connectivity index (χ0) is 4.28. The fourth-order valence-electron chi connectivity index (χ4n) is 0. The summed E-state index contributed by atoms with van der Waals surface area (Å²) in [6.07, 6.45) is 0. The van der Waals surface area contributed by atoms with Crippen molar-refractivity contribution in [3.8, 4) is 0 Å². The van der Waals surface area contributed by atoms with Gasteiger partial charge in [-0.25, -0.2) is 0 Å². The fraction of sp³-hybridized carbons (Fsp3) is 1.00. The standard InChI is InChI=1S/C2H5BIS/c1-2-5(3)4/h2H2,1H3/q-1. The Morgan fingerprint density at radius 1 is 2.00 bits per heavy atom. The molecule has 0 saturated carbocycles. The molecule has 0 saturated heterocycles. The maximum atomic E-state index is 5.31. The van der Waals surface area contributed by atoms with Crippen LogP contribution in [0.3, 0.4) is 0 Å². The van der Waals surface area contributed by atoms with Crippen LogP contribution in [0.15, 0.2) is 0 Å². The van der Waals surface area contributed by atoms with Crippen molar-refractivity contribution in [3.63, 3.8) is 0 Å². The Hall–Kier alpha value is 1.14. The van der Waals surface area contributed by atoms with Crippen molar-refractivity contribution >= 4 is 35.0 Å². The van der Waals surface area contributed by atoms with Gasteiger partial charge in [-0.2, -0.15) is 0 Å². The molecule has 0 bridgehead atoms. The molecule has 0 atom stereocenters. The summed E-state index contributed by atoms with van der Waals surface area (Å²) in [5.41, 5.74) is 0. The van der Waals surface area contributed by atoms with Crippen molar-refractivity contribution in [3.05, 3.63) is 0 Å².